The molecule has 1 rings (SSSR count). The van der Waals surface area contributed by atoms with Crippen LogP contribution in [0.5, 0.6) is 0 Å². The predicted octanol–water partition coefficient (Wildman–Crippen LogP) is 2.65. The van der Waals surface area contributed by atoms with Crippen LogP contribution in [0.4, 0.5) is 0 Å². The van der Waals surface area contributed by atoms with E-state index in [2.05, 4.69) is 4.98 Å². The summed E-state index contributed by atoms with van der Waals surface area (Å²) in [6.07, 6.45) is 0. The summed E-state index contributed by atoms with van der Waals surface area (Å²) < 4.78 is 0.695. The van der Waals surface area contributed by atoms with E-state index >= 15 is 0 Å². The maximum atomic E-state index is 10.9. The van der Waals surface area contributed by atoms with Crippen molar-refractivity contribution in [3.63, 3.8) is 0 Å². The molecular weight excluding hydrogens is 258 g/mol. The van der Waals surface area contributed by atoms with E-state index in [9.17, 15) is 9.90 Å². The molecule has 1 aromatic rings. The number of aryl methyl sites for hydroxylation is 1. The zero-order valence-corrected chi connectivity index (χ0v) is 12.0. The van der Waals surface area contributed by atoms with E-state index in [1.807, 2.05) is 13.8 Å². The molecule has 0 spiro atoms. The van der Waals surface area contributed by atoms with Crippen LogP contribution >= 0.6 is 23.1 Å². The zero-order valence-electron chi connectivity index (χ0n) is 10.4. The standard InChI is InChI=1S/C11H17NO3S2/c1-6(2)11(4,15)5-16-10-12-7(3)8(17-10)9(13)14/h6,15H,5H2,1-4H3,(H,13,14). The first-order chi connectivity index (χ1) is 7.74. The summed E-state index contributed by atoms with van der Waals surface area (Å²) in [5, 5.41) is 19.0. The molecule has 0 aromatic carbocycles. The van der Waals surface area contributed by atoms with Crippen molar-refractivity contribution in [1.82, 2.24) is 4.98 Å². The Bertz CT molecular complexity index is 413. The van der Waals surface area contributed by atoms with Gasteiger partial charge in [0, 0.05) is 5.75 Å². The molecule has 0 radical (unpaired) electrons. The molecule has 0 amide bonds. The quantitative estimate of drug-likeness (QED) is 0.808. The Kier molecular flexibility index (Phi) is 4.57. The van der Waals surface area contributed by atoms with Gasteiger partial charge in [0.05, 0.1) is 11.3 Å². The minimum atomic E-state index is -0.942. The second kappa shape index (κ2) is 5.37. The number of nitrogens with zero attached hydrogens (tertiary/aromatic N) is 1. The lowest BCUT2D eigenvalue weighted by Crippen LogP contribution is -2.33. The number of aromatic carboxylic acids is 1. The van der Waals surface area contributed by atoms with Gasteiger partial charge < -0.3 is 10.2 Å². The van der Waals surface area contributed by atoms with Gasteiger partial charge in [0.1, 0.15) is 4.88 Å². The molecule has 0 aliphatic rings. The van der Waals surface area contributed by atoms with E-state index in [0.29, 0.717) is 15.8 Å². The maximum Gasteiger partial charge on any atom is 0.347 e. The molecule has 6 heteroatoms. The second-order valence-corrected chi connectivity index (χ2v) is 6.72. The number of thiazole rings is 1. The van der Waals surface area contributed by atoms with E-state index in [1.54, 1.807) is 13.8 Å². The molecule has 2 N–H and O–H groups in total. The van der Waals surface area contributed by atoms with Crippen molar-refractivity contribution in [2.45, 2.75) is 37.6 Å². The normalized spacial score (nSPS) is 14.9. The number of carboxylic acids is 1. The first-order valence-electron chi connectivity index (χ1n) is 5.30. The van der Waals surface area contributed by atoms with Gasteiger partial charge in [-0.1, -0.05) is 25.6 Å². The number of aromatic nitrogens is 1. The third-order valence-corrected chi connectivity index (χ3v) is 5.31. The molecule has 17 heavy (non-hydrogen) atoms. The maximum absolute atomic E-state index is 10.9. The summed E-state index contributed by atoms with van der Waals surface area (Å²) in [5.74, 6) is -0.283. The molecule has 0 saturated carbocycles. The Morgan fingerprint density at radius 3 is 2.59 bits per heavy atom. The van der Waals surface area contributed by atoms with Gasteiger partial charge in [-0.25, -0.2) is 9.78 Å². The third kappa shape index (κ3) is 3.69. The number of aliphatic hydroxyl groups is 1. The Labute approximate surface area is 109 Å². The van der Waals surface area contributed by atoms with E-state index in [4.69, 9.17) is 5.11 Å². The van der Waals surface area contributed by atoms with Crippen LogP contribution < -0.4 is 0 Å². The van der Waals surface area contributed by atoms with Crippen molar-refractivity contribution >= 4 is 29.1 Å². The molecule has 96 valence electrons. The molecule has 1 heterocycles. The van der Waals surface area contributed by atoms with Crippen molar-refractivity contribution in [2.75, 3.05) is 5.75 Å². The molecule has 1 aromatic heterocycles. The number of hydrogen-bond donors (Lipinski definition) is 2. The van der Waals surface area contributed by atoms with Crippen molar-refractivity contribution in [1.29, 1.82) is 0 Å². The van der Waals surface area contributed by atoms with Crippen LogP contribution in [0.2, 0.25) is 0 Å². The lowest BCUT2D eigenvalue weighted by Gasteiger charge is -2.26. The minimum Gasteiger partial charge on any atom is -0.477 e. The smallest absolute Gasteiger partial charge is 0.347 e. The summed E-state index contributed by atoms with van der Waals surface area (Å²) in [6.45, 7) is 7.38. The Hall–Kier alpha value is -0.590. The lowest BCUT2D eigenvalue weighted by atomic mass is 9.95. The first-order valence-corrected chi connectivity index (χ1v) is 7.10. The minimum absolute atomic E-state index is 0.148. The third-order valence-electron chi connectivity index (χ3n) is 2.70. The fourth-order valence-corrected chi connectivity index (χ4v) is 3.26. The van der Waals surface area contributed by atoms with Crippen LogP contribution in [0.25, 0.3) is 0 Å². The molecule has 0 saturated heterocycles. The largest absolute Gasteiger partial charge is 0.477 e. The van der Waals surface area contributed by atoms with Gasteiger partial charge in [-0.05, 0) is 19.8 Å². The molecular formula is C11H17NO3S2. The van der Waals surface area contributed by atoms with Crippen LogP contribution in [0, 0.1) is 12.8 Å². The predicted molar refractivity (Wildman–Crippen MR) is 70.0 cm³/mol. The van der Waals surface area contributed by atoms with E-state index in [1.165, 1.54) is 11.8 Å². The van der Waals surface area contributed by atoms with Gasteiger partial charge in [0.15, 0.2) is 4.34 Å². The topological polar surface area (TPSA) is 70.4 Å². The summed E-state index contributed by atoms with van der Waals surface area (Å²) >= 11 is 2.56. The van der Waals surface area contributed by atoms with Crippen LogP contribution in [-0.4, -0.2) is 32.5 Å². The number of carboxylic acid groups (broad SMARTS) is 1. The SMILES string of the molecule is Cc1nc(SCC(C)(O)C(C)C)sc1C(=O)O. The molecule has 4 nitrogen and oxygen atoms in total. The molecule has 1 unspecified atom stereocenters. The number of thioether (sulfide) groups is 1. The average Bonchev–Trinajstić information content (AvgIpc) is 2.57. The fourth-order valence-electron chi connectivity index (χ4n) is 1.01. The molecule has 0 aliphatic carbocycles. The summed E-state index contributed by atoms with van der Waals surface area (Å²) in [7, 11) is 0. The van der Waals surface area contributed by atoms with Crippen LogP contribution in [0.1, 0.15) is 36.1 Å². The monoisotopic (exact) mass is 275 g/mol. The Balaban J connectivity index is 2.71. The van der Waals surface area contributed by atoms with E-state index in [0.717, 1.165) is 11.3 Å². The van der Waals surface area contributed by atoms with Gasteiger partial charge >= 0.3 is 5.97 Å². The molecule has 0 fully saturated rings. The average molecular weight is 275 g/mol. The molecule has 0 bridgehead atoms. The van der Waals surface area contributed by atoms with Crippen LogP contribution in [0.3, 0.4) is 0 Å². The number of rotatable bonds is 5. The first kappa shape index (κ1) is 14.5. The van der Waals surface area contributed by atoms with Crippen LogP contribution in [0.15, 0.2) is 4.34 Å². The van der Waals surface area contributed by atoms with Gasteiger partial charge in [-0.2, -0.15) is 0 Å². The van der Waals surface area contributed by atoms with Gasteiger partial charge in [-0.15, -0.1) is 11.3 Å². The summed E-state index contributed by atoms with van der Waals surface area (Å²) in [4.78, 5) is 15.3. The highest BCUT2D eigenvalue weighted by molar-refractivity contribution is 8.01. The molecule has 0 aliphatic heterocycles. The highest BCUT2D eigenvalue weighted by atomic mass is 32.2. The summed E-state index contributed by atoms with van der Waals surface area (Å²) in [5.41, 5.74) is -0.234. The van der Waals surface area contributed by atoms with Crippen LogP contribution in [-0.2, 0) is 0 Å². The Morgan fingerprint density at radius 2 is 2.18 bits per heavy atom. The fraction of sp³-hybridized carbons (Fsp3) is 0.636. The van der Waals surface area contributed by atoms with Crippen molar-refractivity contribution < 1.29 is 15.0 Å². The van der Waals surface area contributed by atoms with Gasteiger partial charge in [-0.3, -0.25) is 0 Å². The number of hydrogen-bond acceptors (Lipinski definition) is 5. The Morgan fingerprint density at radius 1 is 1.59 bits per heavy atom. The van der Waals surface area contributed by atoms with Crippen molar-refractivity contribution in [3.05, 3.63) is 10.6 Å². The molecule has 1 atom stereocenters. The van der Waals surface area contributed by atoms with E-state index < -0.39 is 11.6 Å². The lowest BCUT2D eigenvalue weighted by molar-refractivity contribution is 0.0376. The highest BCUT2D eigenvalue weighted by Crippen LogP contribution is 2.31. The zero-order chi connectivity index (χ0) is 13.2. The van der Waals surface area contributed by atoms with Gasteiger partial charge in [0.25, 0.3) is 0 Å². The summed E-state index contributed by atoms with van der Waals surface area (Å²) in [6, 6.07) is 0. The van der Waals surface area contributed by atoms with Crippen molar-refractivity contribution in [2.24, 2.45) is 5.92 Å². The second-order valence-electron chi connectivity index (χ2n) is 4.50. The number of carbonyl (C=O) groups is 1. The van der Waals surface area contributed by atoms with Crippen molar-refractivity contribution in [3.8, 4) is 0 Å². The van der Waals surface area contributed by atoms with E-state index in [-0.39, 0.29) is 10.8 Å². The van der Waals surface area contributed by atoms with Gasteiger partial charge in [0.2, 0.25) is 0 Å². The highest BCUT2D eigenvalue weighted by Gasteiger charge is 2.26.